The number of rotatable bonds is 6. The number of carbonyl (C=O) groups excluding carboxylic acids is 1. The number of nitrogens with one attached hydrogen (secondary N) is 1. The Bertz CT molecular complexity index is 739. The number of methoxy groups -OCH3 is 1. The van der Waals surface area contributed by atoms with Gasteiger partial charge in [0, 0.05) is 30.2 Å². The summed E-state index contributed by atoms with van der Waals surface area (Å²) in [6.07, 6.45) is 2.05. The molecule has 2 aromatic rings. The van der Waals surface area contributed by atoms with Crippen LogP contribution in [0.3, 0.4) is 0 Å². The maximum absolute atomic E-state index is 12.5. The molecule has 0 aromatic heterocycles. The van der Waals surface area contributed by atoms with Gasteiger partial charge in [-0.3, -0.25) is 4.79 Å². The molecule has 0 atom stereocenters. The lowest BCUT2D eigenvalue weighted by Crippen LogP contribution is -2.45. The minimum absolute atomic E-state index is 0.0162. The summed E-state index contributed by atoms with van der Waals surface area (Å²) in [5.41, 5.74) is 1.94. The summed E-state index contributed by atoms with van der Waals surface area (Å²) in [6.45, 7) is 1.99. The Morgan fingerprint density at radius 2 is 1.85 bits per heavy atom. The van der Waals surface area contributed by atoms with Gasteiger partial charge in [-0.05, 0) is 42.2 Å². The molecule has 1 N–H and O–H groups in total. The minimum Gasteiger partial charge on any atom is -0.497 e. The van der Waals surface area contributed by atoms with Crippen LogP contribution in [0.4, 0.5) is 0 Å². The molecule has 1 saturated heterocycles. The molecule has 0 aliphatic carbocycles. The van der Waals surface area contributed by atoms with Crippen LogP contribution in [0.1, 0.15) is 24.0 Å². The highest BCUT2D eigenvalue weighted by Crippen LogP contribution is 2.35. The highest BCUT2D eigenvalue weighted by atomic mass is 35.5. The number of halogens is 1. The van der Waals surface area contributed by atoms with Crippen LogP contribution in [0.15, 0.2) is 48.5 Å². The van der Waals surface area contributed by atoms with Crippen LogP contribution in [0.25, 0.3) is 0 Å². The van der Waals surface area contributed by atoms with E-state index in [0.717, 1.165) is 24.2 Å². The van der Waals surface area contributed by atoms with Gasteiger partial charge in [0.15, 0.2) is 0 Å². The molecule has 1 fully saturated rings. The van der Waals surface area contributed by atoms with Crippen molar-refractivity contribution in [2.75, 3.05) is 26.9 Å². The van der Waals surface area contributed by atoms with Gasteiger partial charge < -0.3 is 14.8 Å². The lowest BCUT2D eigenvalue weighted by molar-refractivity contribution is -0.120. The molecule has 1 aliphatic heterocycles. The van der Waals surface area contributed by atoms with E-state index in [4.69, 9.17) is 21.1 Å². The lowest BCUT2D eigenvalue weighted by Gasteiger charge is -2.38. The fourth-order valence-electron chi connectivity index (χ4n) is 3.42. The highest BCUT2D eigenvalue weighted by Gasteiger charge is 2.34. The minimum atomic E-state index is -0.110. The molecule has 2 aromatic carbocycles. The van der Waals surface area contributed by atoms with Crippen molar-refractivity contribution in [3.8, 4) is 5.75 Å². The normalized spacial score (nSPS) is 16.1. The lowest BCUT2D eigenvalue weighted by atomic mass is 9.74. The van der Waals surface area contributed by atoms with Crippen LogP contribution >= 0.6 is 11.6 Å². The third-order valence-electron chi connectivity index (χ3n) is 5.09. The average Bonchev–Trinajstić information content (AvgIpc) is 2.69. The molecule has 0 unspecified atom stereocenters. The molecule has 1 amide bonds. The first-order valence-electron chi connectivity index (χ1n) is 8.85. The predicted octanol–water partition coefficient (Wildman–Crippen LogP) is 3.76. The van der Waals surface area contributed by atoms with Gasteiger partial charge >= 0.3 is 0 Å². The van der Waals surface area contributed by atoms with Gasteiger partial charge in [-0.25, -0.2) is 0 Å². The molecule has 0 saturated carbocycles. The van der Waals surface area contributed by atoms with Gasteiger partial charge in [0.2, 0.25) is 5.91 Å². The monoisotopic (exact) mass is 373 g/mol. The number of carbonyl (C=O) groups is 1. The Morgan fingerprint density at radius 1 is 1.15 bits per heavy atom. The van der Waals surface area contributed by atoms with Crippen molar-refractivity contribution in [1.82, 2.24) is 5.32 Å². The van der Waals surface area contributed by atoms with Gasteiger partial charge in [0.25, 0.3) is 0 Å². The molecule has 0 radical (unpaired) electrons. The SMILES string of the molecule is COc1ccc(C2(CNC(=O)Cc3ccccc3Cl)CCOCC2)cc1. The van der Waals surface area contributed by atoms with Crippen LogP contribution < -0.4 is 10.1 Å². The molecule has 4 nitrogen and oxygen atoms in total. The Labute approximate surface area is 159 Å². The zero-order chi connectivity index (χ0) is 18.4. The van der Waals surface area contributed by atoms with Crippen molar-refractivity contribution in [1.29, 1.82) is 0 Å². The molecular weight excluding hydrogens is 350 g/mol. The topological polar surface area (TPSA) is 47.6 Å². The summed E-state index contributed by atoms with van der Waals surface area (Å²) >= 11 is 6.16. The molecular formula is C21H24ClNO3. The Balaban J connectivity index is 1.70. The standard InChI is InChI=1S/C21H24ClNO3/c1-25-18-8-6-17(7-9-18)21(10-12-26-13-11-21)15-23-20(24)14-16-4-2-3-5-19(16)22/h2-9H,10-15H2,1H3,(H,23,24). The summed E-state index contributed by atoms with van der Waals surface area (Å²) in [7, 11) is 1.66. The first kappa shape index (κ1) is 18.7. The van der Waals surface area contributed by atoms with Crippen molar-refractivity contribution in [2.45, 2.75) is 24.7 Å². The van der Waals surface area contributed by atoms with Gasteiger partial charge in [0.1, 0.15) is 5.75 Å². The molecule has 0 spiro atoms. The van der Waals surface area contributed by atoms with E-state index in [1.54, 1.807) is 7.11 Å². The van der Waals surface area contributed by atoms with Crippen LogP contribution in [0.5, 0.6) is 5.75 Å². The average molecular weight is 374 g/mol. The fraction of sp³-hybridized carbons (Fsp3) is 0.381. The van der Waals surface area contributed by atoms with Gasteiger partial charge in [0.05, 0.1) is 13.5 Å². The second-order valence-electron chi connectivity index (χ2n) is 6.67. The van der Waals surface area contributed by atoms with Crippen molar-refractivity contribution in [3.63, 3.8) is 0 Å². The summed E-state index contributed by atoms with van der Waals surface area (Å²) in [5.74, 6) is 0.816. The Morgan fingerprint density at radius 3 is 2.50 bits per heavy atom. The van der Waals surface area contributed by atoms with Crippen molar-refractivity contribution in [3.05, 3.63) is 64.7 Å². The summed E-state index contributed by atoms with van der Waals surface area (Å²) in [6, 6.07) is 15.6. The van der Waals surface area contributed by atoms with E-state index in [9.17, 15) is 4.79 Å². The maximum Gasteiger partial charge on any atom is 0.224 e. The highest BCUT2D eigenvalue weighted by molar-refractivity contribution is 6.31. The molecule has 5 heteroatoms. The van der Waals surface area contributed by atoms with E-state index in [-0.39, 0.29) is 17.7 Å². The summed E-state index contributed by atoms with van der Waals surface area (Å²) < 4.78 is 10.8. The van der Waals surface area contributed by atoms with E-state index in [2.05, 4.69) is 17.4 Å². The van der Waals surface area contributed by atoms with Gasteiger partial charge in [-0.15, -0.1) is 0 Å². The van der Waals surface area contributed by atoms with Crippen molar-refractivity contribution >= 4 is 17.5 Å². The van der Waals surface area contributed by atoms with Gasteiger partial charge in [-0.1, -0.05) is 41.9 Å². The first-order chi connectivity index (χ1) is 12.6. The molecule has 138 valence electrons. The fourth-order valence-corrected chi connectivity index (χ4v) is 3.62. The summed E-state index contributed by atoms with van der Waals surface area (Å²) in [4.78, 5) is 12.5. The molecule has 1 aliphatic rings. The van der Waals surface area contributed by atoms with Crippen LogP contribution in [0.2, 0.25) is 5.02 Å². The predicted molar refractivity (Wildman–Crippen MR) is 103 cm³/mol. The second-order valence-corrected chi connectivity index (χ2v) is 7.07. The van der Waals surface area contributed by atoms with Crippen LogP contribution in [-0.4, -0.2) is 32.8 Å². The van der Waals surface area contributed by atoms with E-state index >= 15 is 0 Å². The number of benzene rings is 2. The molecule has 3 rings (SSSR count). The summed E-state index contributed by atoms with van der Waals surface area (Å²) in [5, 5.41) is 3.74. The van der Waals surface area contributed by atoms with Crippen LogP contribution in [-0.2, 0) is 21.4 Å². The third kappa shape index (κ3) is 4.37. The Kier molecular flexibility index (Phi) is 6.17. The van der Waals surface area contributed by atoms with E-state index < -0.39 is 0 Å². The third-order valence-corrected chi connectivity index (χ3v) is 5.45. The number of hydrogen-bond acceptors (Lipinski definition) is 3. The first-order valence-corrected chi connectivity index (χ1v) is 9.23. The number of hydrogen-bond donors (Lipinski definition) is 1. The second kappa shape index (κ2) is 8.56. The van der Waals surface area contributed by atoms with E-state index in [1.165, 1.54) is 5.56 Å². The van der Waals surface area contributed by atoms with Crippen molar-refractivity contribution in [2.24, 2.45) is 0 Å². The molecule has 1 heterocycles. The zero-order valence-corrected chi connectivity index (χ0v) is 15.7. The quantitative estimate of drug-likeness (QED) is 0.838. The van der Waals surface area contributed by atoms with E-state index in [1.807, 2.05) is 36.4 Å². The zero-order valence-electron chi connectivity index (χ0n) is 15.0. The maximum atomic E-state index is 12.5. The Hall–Kier alpha value is -2.04. The number of amides is 1. The van der Waals surface area contributed by atoms with Crippen LogP contribution in [0, 0.1) is 0 Å². The molecule has 0 bridgehead atoms. The van der Waals surface area contributed by atoms with Crippen molar-refractivity contribution < 1.29 is 14.3 Å². The van der Waals surface area contributed by atoms with E-state index in [0.29, 0.717) is 24.8 Å². The smallest absolute Gasteiger partial charge is 0.224 e. The number of ether oxygens (including phenoxy) is 2. The van der Waals surface area contributed by atoms with Gasteiger partial charge in [-0.2, -0.15) is 0 Å². The molecule has 26 heavy (non-hydrogen) atoms. The largest absolute Gasteiger partial charge is 0.497 e.